The number of rotatable bonds is 1. The van der Waals surface area contributed by atoms with Gasteiger partial charge < -0.3 is 0 Å². The number of amides is 3. The van der Waals surface area contributed by atoms with Gasteiger partial charge in [-0.1, -0.05) is 48.5 Å². The van der Waals surface area contributed by atoms with E-state index in [2.05, 4.69) is 5.10 Å². The quantitative estimate of drug-likeness (QED) is 0.795. The van der Waals surface area contributed by atoms with Gasteiger partial charge in [0.15, 0.2) is 5.54 Å². The molecular formula is C20H17N3O3. The Morgan fingerprint density at radius 3 is 2.27 bits per heavy atom. The van der Waals surface area contributed by atoms with Crippen LogP contribution in [-0.4, -0.2) is 28.4 Å². The first kappa shape index (κ1) is 16.2. The van der Waals surface area contributed by atoms with Crippen LogP contribution in [0.25, 0.3) is 0 Å². The van der Waals surface area contributed by atoms with E-state index in [9.17, 15) is 14.4 Å². The van der Waals surface area contributed by atoms with Crippen molar-refractivity contribution in [2.45, 2.75) is 25.8 Å². The second kappa shape index (κ2) is 5.62. The number of fused-ring (bicyclic) bond motifs is 2. The summed E-state index contributed by atoms with van der Waals surface area (Å²) in [6.07, 6.45) is 0.232. The molecule has 4 rings (SSSR count). The van der Waals surface area contributed by atoms with Gasteiger partial charge in [-0.2, -0.15) is 5.10 Å². The van der Waals surface area contributed by atoms with Crippen LogP contribution in [0.2, 0.25) is 0 Å². The van der Waals surface area contributed by atoms with Crippen molar-refractivity contribution in [3.63, 3.8) is 0 Å². The number of imide groups is 1. The number of benzene rings is 2. The predicted molar refractivity (Wildman–Crippen MR) is 96.4 cm³/mol. The molecule has 2 heterocycles. The van der Waals surface area contributed by atoms with Crippen molar-refractivity contribution in [2.24, 2.45) is 5.10 Å². The van der Waals surface area contributed by atoms with Crippen LogP contribution in [0, 0.1) is 0 Å². The Morgan fingerprint density at radius 1 is 0.962 bits per heavy atom. The van der Waals surface area contributed by atoms with Gasteiger partial charge in [-0.15, -0.1) is 0 Å². The van der Waals surface area contributed by atoms with Crippen molar-refractivity contribution in [2.75, 3.05) is 4.90 Å². The highest BCUT2D eigenvalue weighted by Crippen LogP contribution is 2.49. The third-order valence-corrected chi connectivity index (χ3v) is 4.87. The fourth-order valence-electron chi connectivity index (χ4n) is 3.80. The van der Waals surface area contributed by atoms with E-state index in [0.717, 1.165) is 10.5 Å². The van der Waals surface area contributed by atoms with Crippen molar-refractivity contribution in [1.82, 2.24) is 5.01 Å². The maximum atomic E-state index is 13.4. The lowest BCUT2D eigenvalue weighted by Gasteiger charge is -2.30. The fourth-order valence-corrected chi connectivity index (χ4v) is 3.80. The lowest BCUT2D eigenvalue weighted by atomic mass is 9.85. The molecule has 0 aliphatic carbocycles. The molecule has 0 saturated carbocycles. The molecule has 0 saturated heterocycles. The zero-order valence-electron chi connectivity index (χ0n) is 14.5. The summed E-state index contributed by atoms with van der Waals surface area (Å²) in [5.74, 6) is -1.16. The summed E-state index contributed by atoms with van der Waals surface area (Å²) in [5.41, 5.74) is 1.33. The van der Waals surface area contributed by atoms with Gasteiger partial charge in [0.25, 0.3) is 5.91 Å². The van der Waals surface area contributed by atoms with Crippen molar-refractivity contribution in [1.29, 1.82) is 0 Å². The van der Waals surface area contributed by atoms with Crippen molar-refractivity contribution in [3.05, 3.63) is 65.7 Å². The first-order valence-corrected chi connectivity index (χ1v) is 8.35. The van der Waals surface area contributed by atoms with E-state index < -0.39 is 11.4 Å². The lowest BCUT2D eigenvalue weighted by molar-refractivity contribution is -0.144. The van der Waals surface area contributed by atoms with Crippen LogP contribution in [0.5, 0.6) is 0 Å². The highest BCUT2D eigenvalue weighted by Gasteiger charge is 2.60. The molecule has 3 amide bonds. The minimum atomic E-state index is -1.31. The topological polar surface area (TPSA) is 70.1 Å². The zero-order chi connectivity index (χ0) is 18.5. The van der Waals surface area contributed by atoms with E-state index in [4.69, 9.17) is 0 Å². The number of hydrogen-bond acceptors (Lipinski definition) is 4. The zero-order valence-corrected chi connectivity index (χ0v) is 14.5. The summed E-state index contributed by atoms with van der Waals surface area (Å²) in [5, 5.41) is 5.71. The maximum absolute atomic E-state index is 13.4. The number of hydrazone groups is 1. The van der Waals surface area contributed by atoms with E-state index in [1.54, 1.807) is 24.3 Å². The van der Waals surface area contributed by atoms with Gasteiger partial charge >= 0.3 is 0 Å². The molecule has 1 atom stereocenters. The maximum Gasteiger partial charge on any atom is 0.266 e. The van der Waals surface area contributed by atoms with Crippen molar-refractivity contribution >= 4 is 29.1 Å². The highest BCUT2D eigenvalue weighted by molar-refractivity contribution is 6.25. The van der Waals surface area contributed by atoms with Gasteiger partial charge in [-0.05, 0) is 11.6 Å². The van der Waals surface area contributed by atoms with E-state index >= 15 is 0 Å². The second-order valence-electron chi connectivity index (χ2n) is 6.46. The molecule has 2 aliphatic rings. The first-order chi connectivity index (χ1) is 12.5. The molecule has 0 aromatic heterocycles. The number of carbonyl (C=O) groups excluding carboxylic acids is 3. The lowest BCUT2D eigenvalue weighted by Crippen LogP contribution is -2.51. The second-order valence-corrected chi connectivity index (χ2v) is 6.46. The Morgan fingerprint density at radius 2 is 1.62 bits per heavy atom. The first-order valence-electron chi connectivity index (χ1n) is 8.35. The predicted octanol–water partition coefficient (Wildman–Crippen LogP) is 2.43. The summed E-state index contributed by atoms with van der Waals surface area (Å²) < 4.78 is 0. The Balaban J connectivity index is 1.92. The monoisotopic (exact) mass is 347 g/mol. The van der Waals surface area contributed by atoms with Crippen LogP contribution < -0.4 is 4.90 Å². The summed E-state index contributed by atoms with van der Waals surface area (Å²) >= 11 is 0. The largest absolute Gasteiger partial charge is 0.274 e. The average Bonchev–Trinajstić information content (AvgIpc) is 3.15. The van der Waals surface area contributed by atoms with Crippen LogP contribution in [0.1, 0.15) is 31.4 Å². The molecule has 130 valence electrons. The average molecular weight is 347 g/mol. The minimum absolute atomic E-state index is 0.232. The normalized spacial score (nSPS) is 21.2. The van der Waals surface area contributed by atoms with Crippen molar-refractivity contribution < 1.29 is 14.4 Å². The van der Waals surface area contributed by atoms with E-state index in [1.165, 1.54) is 18.9 Å². The molecular weight excluding hydrogens is 330 g/mol. The third-order valence-electron chi connectivity index (χ3n) is 4.87. The molecule has 0 radical (unpaired) electrons. The number of carbonyl (C=O) groups is 3. The van der Waals surface area contributed by atoms with Gasteiger partial charge in [-0.3, -0.25) is 14.4 Å². The molecule has 6 nitrogen and oxygen atoms in total. The molecule has 0 fully saturated rings. The van der Waals surface area contributed by atoms with E-state index in [-0.39, 0.29) is 18.2 Å². The summed E-state index contributed by atoms with van der Waals surface area (Å²) in [6, 6.07) is 16.5. The summed E-state index contributed by atoms with van der Waals surface area (Å²) in [7, 11) is 0. The van der Waals surface area contributed by atoms with Crippen LogP contribution in [-0.2, 0) is 19.9 Å². The molecule has 0 unspecified atom stereocenters. The molecule has 0 N–H and O–H groups in total. The smallest absolute Gasteiger partial charge is 0.266 e. The fraction of sp³-hybridized carbons (Fsp3) is 0.200. The standard InChI is InChI=1S/C20H17N3O3/c1-13(24)22-18-11-7-6-10-16(18)20(19(22)26)12-17(21-23(20)14(2)25)15-8-4-3-5-9-15/h3-11H,12H2,1-2H3/t20-/m1/s1. The van der Waals surface area contributed by atoms with Gasteiger partial charge in [0.05, 0.1) is 11.4 Å². The summed E-state index contributed by atoms with van der Waals surface area (Å²) in [4.78, 5) is 39.0. The van der Waals surface area contributed by atoms with E-state index in [1.807, 2.05) is 30.3 Å². The molecule has 0 bridgehead atoms. The SMILES string of the molecule is CC(=O)N1C(=O)[C@@]2(CC(c3ccccc3)=NN2C(C)=O)c2ccccc21. The molecule has 2 aliphatic heterocycles. The van der Waals surface area contributed by atoms with Gasteiger partial charge in [0, 0.05) is 25.8 Å². The van der Waals surface area contributed by atoms with Crippen LogP contribution in [0.3, 0.4) is 0 Å². The minimum Gasteiger partial charge on any atom is -0.274 e. The number of anilines is 1. The molecule has 2 aromatic carbocycles. The Bertz CT molecular complexity index is 967. The number of para-hydroxylation sites is 1. The molecule has 1 spiro atoms. The molecule has 6 heteroatoms. The van der Waals surface area contributed by atoms with Crippen LogP contribution >= 0.6 is 0 Å². The molecule has 26 heavy (non-hydrogen) atoms. The van der Waals surface area contributed by atoms with Gasteiger partial charge in [-0.25, -0.2) is 9.91 Å². The van der Waals surface area contributed by atoms with Crippen LogP contribution in [0.4, 0.5) is 5.69 Å². The Hall–Kier alpha value is -3.28. The summed E-state index contributed by atoms with van der Waals surface area (Å²) in [6.45, 7) is 2.73. The van der Waals surface area contributed by atoms with Crippen molar-refractivity contribution in [3.8, 4) is 0 Å². The van der Waals surface area contributed by atoms with Crippen LogP contribution in [0.15, 0.2) is 59.7 Å². The Labute approximate surface area is 150 Å². The number of hydrogen-bond donors (Lipinski definition) is 0. The van der Waals surface area contributed by atoms with Gasteiger partial charge in [0.2, 0.25) is 11.8 Å². The van der Waals surface area contributed by atoms with E-state index in [0.29, 0.717) is 17.0 Å². The Kier molecular flexibility index (Phi) is 3.50. The number of nitrogens with zero attached hydrogens (tertiary/aromatic N) is 3. The third kappa shape index (κ3) is 2.05. The highest BCUT2D eigenvalue weighted by atomic mass is 16.2. The van der Waals surface area contributed by atoms with Gasteiger partial charge in [0.1, 0.15) is 0 Å². The molecule has 2 aromatic rings.